The molecule has 2 aliphatic rings. The first-order valence-electron chi connectivity index (χ1n) is 7.70. The van der Waals surface area contributed by atoms with Gasteiger partial charge in [-0.25, -0.2) is 0 Å². The second kappa shape index (κ2) is 5.57. The number of aliphatic carboxylic acids is 1. The summed E-state index contributed by atoms with van der Waals surface area (Å²) in [5.41, 5.74) is 2.53. The molecule has 1 N–H and O–H groups in total. The van der Waals surface area contributed by atoms with Gasteiger partial charge in [0.1, 0.15) is 6.04 Å². The molecule has 2 fully saturated rings. The second-order valence-corrected chi connectivity index (χ2v) is 6.30. The van der Waals surface area contributed by atoms with E-state index in [4.69, 9.17) is 0 Å². The summed E-state index contributed by atoms with van der Waals surface area (Å²) in [6.45, 7) is 2.89. The van der Waals surface area contributed by atoms with Gasteiger partial charge in [0, 0.05) is 12.6 Å². The van der Waals surface area contributed by atoms with Gasteiger partial charge in [-0.2, -0.15) is 0 Å². The van der Waals surface area contributed by atoms with Crippen LogP contribution in [0.15, 0.2) is 24.3 Å². The summed E-state index contributed by atoms with van der Waals surface area (Å²) in [5, 5.41) is 9.54. The number of benzene rings is 1. The molecular formula is C17H23NO2. The highest BCUT2D eigenvalue weighted by Crippen LogP contribution is 2.40. The molecule has 0 aromatic heterocycles. The smallest absolute Gasteiger partial charge is 0.320 e. The maximum Gasteiger partial charge on any atom is 0.320 e. The maximum atomic E-state index is 11.6. The zero-order valence-corrected chi connectivity index (χ0v) is 12.1. The summed E-state index contributed by atoms with van der Waals surface area (Å²) >= 11 is 0. The van der Waals surface area contributed by atoms with Crippen molar-refractivity contribution in [3.63, 3.8) is 0 Å². The Labute approximate surface area is 120 Å². The third-order valence-electron chi connectivity index (χ3n) is 5.12. The van der Waals surface area contributed by atoms with E-state index < -0.39 is 5.97 Å². The Hall–Kier alpha value is -1.35. The highest BCUT2D eigenvalue weighted by atomic mass is 16.4. The molecule has 1 saturated heterocycles. The minimum atomic E-state index is -0.645. The number of hydrogen-bond donors (Lipinski definition) is 1. The maximum absolute atomic E-state index is 11.6. The summed E-state index contributed by atoms with van der Waals surface area (Å²) in [4.78, 5) is 13.8. The van der Waals surface area contributed by atoms with Crippen LogP contribution >= 0.6 is 0 Å². The van der Waals surface area contributed by atoms with Crippen LogP contribution in [0.1, 0.15) is 43.2 Å². The fraction of sp³-hybridized carbons (Fsp3) is 0.588. The Bertz CT molecular complexity index is 500. The van der Waals surface area contributed by atoms with Crippen LogP contribution in [0.2, 0.25) is 0 Å². The average Bonchev–Trinajstić information content (AvgIpc) is 2.81. The van der Waals surface area contributed by atoms with Crippen molar-refractivity contribution in [2.75, 3.05) is 0 Å². The molecular weight excluding hydrogens is 250 g/mol. The normalized spacial score (nSPS) is 30.1. The van der Waals surface area contributed by atoms with Gasteiger partial charge in [-0.3, -0.25) is 9.69 Å². The van der Waals surface area contributed by atoms with E-state index >= 15 is 0 Å². The molecule has 0 unspecified atom stereocenters. The fourth-order valence-electron chi connectivity index (χ4n) is 4.01. The third kappa shape index (κ3) is 2.47. The third-order valence-corrected chi connectivity index (χ3v) is 5.12. The number of carboxylic acid groups (broad SMARTS) is 1. The molecule has 3 nitrogen and oxygen atoms in total. The quantitative estimate of drug-likeness (QED) is 0.919. The molecule has 1 heterocycles. The average molecular weight is 273 g/mol. The minimum absolute atomic E-state index is 0.289. The molecule has 3 rings (SSSR count). The summed E-state index contributed by atoms with van der Waals surface area (Å²) in [7, 11) is 0. The Balaban J connectivity index is 1.84. The molecule has 0 spiro atoms. The number of rotatable bonds is 3. The molecule has 3 heteroatoms. The van der Waals surface area contributed by atoms with E-state index in [2.05, 4.69) is 24.0 Å². The Morgan fingerprint density at radius 2 is 2.05 bits per heavy atom. The number of likely N-dealkylation sites (tertiary alicyclic amines) is 1. The lowest BCUT2D eigenvalue weighted by Crippen LogP contribution is -2.41. The molecule has 20 heavy (non-hydrogen) atoms. The van der Waals surface area contributed by atoms with Crippen molar-refractivity contribution in [3.05, 3.63) is 35.4 Å². The van der Waals surface area contributed by atoms with Gasteiger partial charge in [-0.1, -0.05) is 37.1 Å². The van der Waals surface area contributed by atoms with Crippen LogP contribution in [0.5, 0.6) is 0 Å². The molecule has 1 aliphatic heterocycles. The fourth-order valence-corrected chi connectivity index (χ4v) is 4.01. The summed E-state index contributed by atoms with van der Waals surface area (Å²) in [5.74, 6) is -0.0538. The number of carbonyl (C=O) groups is 1. The number of fused-ring (bicyclic) bond motifs is 1. The van der Waals surface area contributed by atoms with E-state index in [1.807, 2.05) is 12.1 Å². The van der Waals surface area contributed by atoms with Gasteiger partial charge in [-0.15, -0.1) is 0 Å². The van der Waals surface area contributed by atoms with E-state index in [0.29, 0.717) is 12.0 Å². The number of aryl methyl sites for hydroxylation is 1. The van der Waals surface area contributed by atoms with Crippen molar-refractivity contribution in [3.8, 4) is 0 Å². The lowest BCUT2D eigenvalue weighted by Gasteiger charge is -2.33. The van der Waals surface area contributed by atoms with E-state index in [0.717, 1.165) is 13.0 Å². The standard InChI is InChI=1S/C17H23NO2/c1-12-6-2-3-8-14(12)11-18-15-9-5-4-7-13(15)10-16(18)17(19)20/h2-3,6,8,13,15-16H,4-5,7,9-11H2,1H3,(H,19,20)/t13-,15-,16-/m0/s1. The molecule has 0 radical (unpaired) electrons. The lowest BCUT2D eigenvalue weighted by molar-refractivity contribution is -0.142. The van der Waals surface area contributed by atoms with E-state index in [9.17, 15) is 9.90 Å². The van der Waals surface area contributed by atoms with Crippen LogP contribution in [-0.2, 0) is 11.3 Å². The van der Waals surface area contributed by atoms with Crippen LogP contribution < -0.4 is 0 Å². The van der Waals surface area contributed by atoms with Crippen LogP contribution in [0.25, 0.3) is 0 Å². The van der Waals surface area contributed by atoms with Gasteiger partial charge in [0.05, 0.1) is 0 Å². The molecule has 1 aromatic rings. The van der Waals surface area contributed by atoms with E-state index in [-0.39, 0.29) is 6.04 Å². The highest BCUT2D eigenvalue weighted by molar-refractivity contribution is 5.74. The summed E-state index contributed by atoms with van der Waals surface area (Å²) < 4.78 is 0. The minimum Gasteiger partial charge on any atom is -0.480 e. The van der Waals surface area contributed by atoms with Crippen molar-refractivity contribution in [2.24, 2.45) is 5.92 Å². The van der Waals surface area contributed by atoms with Crippen LogP contribution in [0, 0.1) is 12.8 Å². The molecule has 1 aliphatic carbocycles. The van der Waals surface area contributed by atoms with Crippen LogP contribution in [0.3, 0.4) is 0 Å². The van der Waals surface area contributed by atoms with Crippen LogP contribution in [0.4, 0.5) is 0 Å². The number of carboxylic acids is 1. The first-order valence-corrected chi connectivity index (χ1v) is 7.70. The second-order valence-electron chi connectivity index (χ2n) is 6.30. The van der Waals surface area contributed by atoms with E-state index in [1.54, 1.807) is 0 Å². The SMILES string of the molecule is Cc1ccccc1CN1[C@H](C(=O)O)C[C@@H]2CCCC[C@@H]21. The lowest BCUT2D eigenvalue weighted by atomic mass is 9.84. The van der Waals surface area contributed by atoms with Crippen molar-refractivity contribution in [2.45, 2.75) is 57.7 Å². The predicted octanol–water partition coefficient (Wildman–Crippen LogP) is 3.21. The van der Waals surface area contributed by atoms with Crippen molar-refractivity contribution >= 4 is 5.97 Å². The number of hydrogen-bond acceptors (Lipinski definition) is 2. The van der Waals surface area contributed by atoms with Crippen molar-refractivity contribution in [1.82, 2.24) is 4.90 Å². The number of nitrogens with zero attached hydrogens (tertiary/aromatic N) is 1. The topological polar surface area (TPSA) is 40.5 Å². The Morgan fingerprint density at radius 1 is 1.30 bits per heavy atom. The van der Waals surface area contributed by atoms with Crippen molar-refractivity contribution < 1.29 is 9.90 Å². The molecule has 0 bridgehead atoms. The Kier molecular flexibility index (Phi) is 3.79. The van der Waals surface area contributed by atoms with Gasteiger partial charge in [0.2, 0.25) is 0 Å². The van der Waals surface area contributed by atoms with Gasteiger partial charge in [0.15, 0.2) is 0 Å². The van der Waals surface area contributed by atoms with Crippen LogP contribution in [-0.4, -0.2) is 28.1 Å². The van der Waals surface area contributed by atoms with Crippen molar-refractivity contribution in [1.29, 1.82) is 0 Å². The Morgan fingerprint density at radius 3 is 2.80 bits per heavy atom. The zero-order chi connectivity index (χ0) is 14.1. The molecule has 108 valence electrons. The van der Waals surface area contributed by atoms with Gasteiger partial charge in [-0.05, 0) is 43.2 Å². The zero-order valence-electron chi connectivity index (χ0n) is 12.1. The monoisotopic (exact) mass is 273 g/mol. The summed E-state index contributed by atoms with van der Waals surface area (Å²) in [6.07, 6.45) is 5.73. The van der Waals surface area contributed by atoms with Gasteiger partial charge < -0.3 is 5.11 Å². The summed E-state index contributed by atoms with van der Waals surface area (Å²) in [6, 6.07) is 8.52. The predicted molar refractivity (Wildman–Crippen MR) is 78.5 cm³/mol. The molecule has 0 amide bonds. The largest absolute Gasteiger partial charge is 0.480 e. The van der Waals surface area contributed by atoms with Gasteiger partial charge in [0.25, 0.3) is 0 Å². The molecule has 3 atom stereocenters. The van der Waals surface area contributed by atoms with Gasteiger partial charge >= 0.3 is 5.97 Å². The highest BCUT2D eigenvalue weighted by Gasteiger charge is 2.44. The molecule has 1 aromatic carbocycles. The first kappa shape index (κ1) is 13.6. The molecule has 1 saturated carbocycles. The van der Waals surface area contributed by atoms with E-state index in [1.165, 1.54) is 36.8 Å². The first-order chi connectivity index (χ1) is 9.66.